The van der Waals surface area contributed by atoms with Crippen molar-refractivity contribution in [2.24, 2.45) is 0 Å². The lowest BCUT2D eigenvalue weighted by atomic mass is 10.1. The summed E-state index contributed by atoms with van der Waals surface area (Å²) in [4.78, 5) is 24.8. The summed E-state index contributed by atoms with van der Waals surface area (Å²) in [5.74, 6) is -0.727. The molecule has 0 aliphatic heterocycles. The lowest BCUT2D eigenvalue weighted by Gasteiger charge is -2.08. The molecule has 3 aromatic rings. The SMILES string of the molecule is CCOC(=O)C(=Cn1c2ccc(Br)cc2c2cc(OC)ccc21)C(=O)OCC. The molecule has 1 heterocycles. The second kappa shape index (κ2) is 8.48. The molecule has 3 rings (SSSR count). The predicted molar refractivity (Wildman–Crippen MR) is 111 cm³/mol. The fourth-order valence-electron chi connectivity index (χ4n) is 3.01. The Morgan fingerprint density at radius 3 is 2.11 bits per heavy atom. The van der Waals surface area contributed by atoms with Crippen LogP contribution in [0.2, 0.25) is 0 Å². The number of halogens is 1. The molecule has 0 N–H and O–H groups in total. The molecule has 0 aliphatic rings. The van der Waals surface area contributed by atoms with E-state index in [-0.39, 0.29) is 18.8 Å². The topological polar surface area (TPSA) is 66.8 Å². The van der Waals surface area contributed by atoms with E-state index in [0.29, 0.717) is 5.75 Å². The minimum Gasteiger partial charge on any atom is -0.497 e. The van der Waals surface area contributed by atoms with Crippen molar-refractivity contribution in [1.29, 1.82) is 0 Å². The van der Waals surface area contributed by atoms with Crippen molar-refractivity contribution in [2.75, 3.05) is 20.3 Å². The lowest BCUT2D eigenvalue weighted by Crippen LogP contribution is -2.19. The average Bonchev–Trinajstić information content (AvgIpc) is 2.98. The number of carbonyl (C=O) groups excluding carboxylic acids is 2. The van der Waals surface area contributed by atoms with Gasteiger partial charge >= 0.3 is 11.9 Å². The number of rotatable bonds is 6. The summed E-state index contributed by atoms with van der Waals surface area (Å²) >= 11 is 3.50. The fourth-order valence-corrected chi connectivity index (χ4v) is 3.37. The van der Waals surface area contributed by atoms with Gasteiger partial charge in [0.1, 0.15) is 5.75 Å². The number of esters is 2. The second-order valence-electron chi connectivity index (χ2n) is 5.90. The Bertz CT molecular complexity index is 1060. The molecule has 0 amide bonds. The lowest BCUT2D eigenvalue weighted by molar-refractivity contribution is -0.146. The predicted octanol–water partition coefficient (Wildman–Crippen LogP) is 4.53. The molecule has 0 spiro atoms. The first-order chi connectivity index (χ1) is 13.5. The molecule has 0 atom stereocenters. The number of fused-ring (bicyclic) bond motifs is 3. The van der Waals surface area contributed by atoms with E-state index in [0.717, 1.165) is 26.3 Å². The number of hydrogen-bond donors (Lipinski definition) is 0. The summed E-state index contributed by atoms with van der Waals surface area (Å²) in [6, 6.07) is 11.4. The molecule has 146 valence electrons. The summed E-state index contributed by atoms with van der Waals surface area (Å²) in [6.45, 7) is 3.69. The first kappa shape index (κ1) is 19.9. The maximum absolute atomic E-state index is 12.4. The van der Waals surface area contributed by atoms with Gasteiger partial charge in [-0.2, -0.15) is 0 Å². The molecule has 2 aromatic carbocycles. The first-order valence-electron chi connectivity index (χ1n) is 8.83. The van der Waals surface area contributed by atoms with Gasteiger partial charge in [0.25, 0.3) is 0 Å². The van der Waals surface area contributed by atoms with Gasteiger partial charge in [0.15, 0.2) is 5.57 Å². The van der Waals surface area contributed by atoms with E-state index >= 15 is 0 Å². The number of aromatic nitrogens is 1. The van der Waals surface area contributed by atoms with Crippen LogP contribution in [-0.4, -0.2) is 36.8 Å². The quantitative estimate of drug-likeness (QED) is 0.241. The van der Waals surface area contributed by atoms with Crippen LogP contribution in [0.1, 0.15) is 13.8 Å². The summed E-state index contributed by atoms with van der Waals surface area (Å²) in [5, 5.41) is 1.88. The summed E-state index contributed by atoms with van der Waals surface area (Å²) in [6.07, 6.45) is 1.47. The van der Waals surface area contributed by atoms with Crippen LogP contribution in [0.25, 0.3) is 28.0 Å². The Kier molecular flexibility index (Phi) is 6.04. The molecular formula is C21H20BrNO5. The van der Waals surface area contributed by atoms with Crippen LogP contribution in [-0.2, 0) is 19.1 Å². The number of ether oxygens (including phenoxy) is 3. The molecule has 0 bridgehead atoms. The molecule has 28 heavy (non-hydrogen) atoms. The molecule has 0 fully saturated rings. The highest BCUT2D eigenvalue weighted by Gasteiger charge is 2.22. The number of benzene rings is 2. The molecule has 0 radical (unpaired) electrons. The van der Waals surface area contributed by atoms with Gasteiger partial charge < -0.3 is 18.8 Å². The van der Waals surface area contributed by atoms with E-state index in [1.165, 1.54) is 6.20 Å². The first-order valence-corrected chi connectivity index (χ1v) is 9.62. The average molecular weight is 446 g/mol. The van der Waals surface area contributed by atoms with Crippen LogP contribution in [0.5, 0.6) is 5.75 Å². The van der Waals surface area contributed by atoms with Gasteiger partial charge in [0.05, 0.1) is 31.4 Å². The van der Waals surface area contributed by atoms with Gasteiger partial charge in [-0.25, -0.2) is 9.59 Å². The summed E-state index contributed by atoms with van der Waals surface area (Å²) in [7, 11) is 1.61. The smallest absolute Gasteiger partial charge is 0.347 e. The van der Waals surface area contributed by atoms with Crippen molar-refractivity contribution in [3.63, 3.8) is 0 Å². The van der Waals surface area contributed by atoms with Gasteiger partial charge in [-0.3, -0.25) is 0 Å². The van der Waals surface area contributed by atoms with E-state index in [2.05, 4.69) is 15.9 Å². The largest absolute Gasteiger partial charge is 0.497 e. The van der Waals surface area contributed by atoms with Gasteiger partial charge in [0, 0.05) is 21.4 Å². The monoisotopic (exact) mass is 445 g/mol. The van der Waals surface area contributed by atoms with Crippen LogP contribution in [0.4, 0.5) is 0 Å². The second-order valence-corrected chi connectivity index (χ2v) is 6.81. The molecular weight excluding hydrogens is 426 g/mol. The van der Waals surface area contributed by atoms with Crippen LogP contribution < -0.4 is 4.74 Å². The Morgan fingerprint density at radius 1 is 0.964 bits per heavy atom. The van der Waals surface area contributed by atoms with Crippen molar-refractivity contribution in [1.82, 2.24) is 4.57 Å². The highest BCUT2D eigenvalue weighted by Crippen LogP contribution is 2.34. The van der Waals surface area contributed by atoms with E-state index in [1.54, 1.807) is 25.5 Å². The molecule has 0 unspecified atom stereocenters. The minimum absolute atomic E-state index is 0.160. The fraction of sp³-hybridized carbons (Fsp3) is 0.238. The van der Waals surface area contributed by atoms with E-state index in [1.807, 2.05) is 36.4 Å². The third-order valence-electron chi connectivity index (χ3n) is 4.22. The molecule has 0 aliphatic carbocycles. The van der Waals surface area contributed by atoms with Crippen molar-refractivity contribution in [3.05, 3.63) is 46.4 Å². The third-order valence-corrected chi connectivity index (χ3v) is 4.71. The van der Waals surface area contributed by atoms with Crippen molar-refractivity contribution < 1.29 is 23.8 Å². The molecule has 1 aromatic heterocycles. The molecule has 0 saturated carbocycles. The Morgan fingerprint density at radius 2 is 1.54 bits per heavy atom. The van der Waals surface area contributed by atoms with Gasteiger partial charge in [-0.05, 0) is 50.2 Å². The Balaban J connectivity index is 2.31. The minimum atomic E-state index is -0.721. The maximum Gasteiger partial charge on any atom is 0.347 e. The number of hydrogen-bond acceptors (Lipinski definition) is 5. The Labute approximate surface area is 170 Å². The number of carbonyl (C=O) groups is 2. The van der Waals surface area contributed by atoms with E-state index in [9.17, 15) is 9.59 Å². The zero-order valence-electron chi connectivity index (χ0n) is 15.8. The highest BCUT2D eigenvalue weighted by atomic mass is 79.9. The van der Waals surface area contributed by atoms with E-state index < -0.39 is 11.9 Å². The zero-order chi connectivity index (χ0) is 20.3. The Hall–Kier alpha value is -2.80. The van der Waals surface area contributed by atoms with Gasteiger partial charge in [-0.1, -0.05) is 15.9 Å². The van der Waals surface area contributed by atoms with Crippen molar-refractivity contribution >= 4 is 55.9 Å². The van der Waals surface area contributed by atoms with Gasteiger partial charge in [0.2, 0.25) is 0 Å². The number of nitrogens with zero attached hydrogens (tertiary/aromatic N) is 1. The summed E-state index contributed by atoms with van der Waals surface area (Å²) < 4.78 is 18.2. The van der Waals surface area contributed by atoms with Crippen LogP contribution in [0.15, 0.2) is 46.4 Å². The normalized spacial score (nSPS) is 10.7. The number of methoxy groups -OCH3 is 1. The standard InChI is InChI=1S/C21H20BrNO5/c1-4-27-20(24)17(21(25)28-5-2)12-23-18-8-6-13(22)10-15(18)16-11-14(26-3)7-9-19(16)23/h6-12H,4-5H2,1-3H3. The summed E-state index contributed by atoms with van der Waals surface area (Å²) in [5.41, 5.74) is 1.48. The van der Waals surface area contributed by atoms with Crippen LogP contribution >= 0.6 is 15.9 Å². The zero-order valence-corrected chi connectivity index (χ0v) is 17.4. The van der Waals surface area contributed by atoms with Crippen molar-refractivity contribution in [2.45, 2.75) is 13.8 Å². The molecule has 0 saturated heterocycles. The van der Waals surface area contributed by atoms with Crippen LogP contribution in [0, 0.1) is 0 Å². The molecule has 7 heteroatoms. The van der Waals surface area contributed by atoms with Crippen molar-refractivity contribution in [3.8, 4) is 5.75 Å². The van der Waals surface area contributed by atoms with Gasteiger partial charge in [-0.15, -0.1) is 0 Å². The van der Waals surface area contributed by atoms with Crippen LogP contribution in [0.3, 0.4) is 0 Å². The highest BCUT2D eigenvalue weighted by molar-refractivity contribution is 9.10. The van der Waals surface area contributed by atoms with E-state index in [4.69, 9.17) is 14.2 Å². The maximum atomic E-state index is 12.4. The molecule has 6 nitrogen and oxygen atoms in total. The third kappa shape index (κ3) is 3.75.